The van der Waals surface area contributed by atoms with Gasteiger partial charge in [0.05, 0.1) is 6.20 Å². The number of aromatic nitrogens is 1. The Balaban J connectivity index is 1.97. The summed E-state index contributed by atoms with van der Waals surface area (Å²) >= 11 is 5.09. The van der Waals surface area contributed by atoms with Gasteiger partial charge >= 0.3 is 0 Å². The lowest BCUT2D eigenvalue weighted by molar-refractivity contribution is -0.123. The molecular formula is C12H14ClFN2O4S. The zero-order valence-corrected chi connectivity index (χ0v) is 12.6. The molecule has 0 bridgehead atoms. The zero-order valence-electron chi connectivity index (χ0n) is 11.0. The molecule has 6 nitrogen and oxygen atoms in total. The minimum atomic E-state index is -3.78. The van der Waals surface area contributed by atoms with Crippen LogP contribution in [0.5, 0.6) is 5.88 Å². The van der Waals surface area contributed by atoms with Crippen LogP contribution >= 0.6 is 11.8 Å². The average molecular weight is 337 g/mol. The molecule has 0 saturated heterocycles. The summed E-state index contributed by atoms with van der Waals surface area (Å²) in [5.74, 6) is 0.169. The van der Waals surface area contributed by atoms with Gasteiger partial charge in [-0.1, -0.05) is 0 Å². The molecule has 0 atom stereocenters. The fourth-order valence-corrected chi connectivity index (χ4v) is 2.78. The number of pyridine rings is 1. The van der Waals surface area contributed by atoms with E-state index in [1.54, 1.807) is 4.24 Å². The van der Waals surface area contributed by atoms with E-state index in [1.807, 2.05) is 0 Å². The molecule has 1 heterocycles. The molecule has 0 spiro atoms. The third-order valence-electron chi connectivity index (χ3n) is 3.30. The van der Waals surface area contributed by atoms with Gasteiger partial charge in [-0.25, -0.2) is 17.8 Å². The normalized spacial score (nSPS) is 18.5. The van der Waals surface area contributed by atoms with Crippen molar-refractivity contribution in [3.63, 3.8) is 0 Å². The molecule has 1 fully saturated rings. The molecule has 1 aliphatic carbocycles. The molecule has 1 aliphatic rings. The Kier molecular flexibility index (Phi) is 4.80. The van der Waals surface area contributed by atoms with Crippen LogP contribution < -0.4 is 8.98 Å². The Hall–Kier alpha value is -1.25. The van der Waals surface area contributed by atoms with Crippen LogP contribution in [-0.4, -0.2) is 31.5 Å². The van der Waals surface area contributed by atoms with Crippen LogP contribution in [-0.2, 0) is 14.8 Å². The van der Waals surface area contributed by atoms with Crippen molar-refractivity contribution < 1.29 is 22.3 Å². The summed E-state index contributed by atoms with van der Waals surface area (Å²) in [5, 5.41) is 0. The Morgan fingerprint density at radius 3 is 2.57 bits per heavy atom. The average Bonchev–Trinajstić information content (AvgIpc) is 2.49. The Morgan fingerprint density at radius 1 is 1.38 bits per heavy atom. The molecule has 0 radical (unpaired) electrons. The predicted molar refractivity (Wildman–Crippen MR) is 73.2 cm³/mol. The summed E-state index contributed by atoms with van der Waals surface area (Å²) in [7, 11) is -3.78. The number of sulfonamides is 1. The number of ketones is 1. The van der Waals surface area contributed by atoms with Crippen molar-refractivity contribution in [3.8, 4) is 5.88 Å². The summed E-state index contributed by atoms with van der Waals surface area (Å²) in [5.41, 5.74) is -1.54. The van der Waals surface area contributed by atoms with E-state index >= 15 is 0 Å². The van der Waals surface area contributed by atoms with Gasteiger partial charge in [0.25, 0.3) is 10.0 Å². The number of Topliss-reactive ketones (excluding diaryl/α,β-unsaturated/α-hetero) is 1. The van der Waals surface area contributed by atoms with Gasteiger partial charge in [0, 0.05) is 18.9 Å². The number of carbonyl (C=O) groups excluding carboxylic acids is 1. The van der Waals surface area contributed by atoms with Crippen molar-refractivity contribution in [3.05, 3.63) is 18.3 Å². The number of nitrogens with zero attached hydrogens (tertiary/aromatic N) is 1. The highest BCUT2D eigenvalue weighted by Crippen LogP contribution is 2.30. The first kappa shape index (κ1) is 16.1. The number of hydrogen-bond acceptors (Lipinski definition) is 5. The molecular weight excluding hydrogens is 323 g/mol. The first-order valence-corrected chi connectivity index (χ1v) is 8.13. The summed E-state index contributed by atoms with van der Waals surface area (Å²) in [6.45, 7) is -0.215. The van der Waals surface area contributed by atoms with Gasteiger partial charge in [-0.15, -0.1) is 4.24 Å². The van der Waals surface area contributed by atoms with Crippen molar-refractivity contribution in [2.75, 3.05) is 6.61 Å². The number of ether oxygens (including phenoxy) is 1. The van der Waals surface area contributed by atoms with Gasteiger partial charge < -0.3 is 4.74 Å². The van der Waals surface area contributed by atoms with E-state index < -0.39 is 15.7 Å². The third kappa shape index (κ3) is 4.12. The highest BCUT2D eigenvalue weighted by Gasteiger charge is 2.35. The Morgan fingerprint density at radius 2 is 2.05 bits per heavy atom. The Labute approximate surface area is 126 Å². The van der Waals surface area contributed by atoms with Crippen molar-refractivity contribution in [1.82, 2.24) is 9.23 Å². The third-order valence-corrected chi connectivity index (χ3v) is 4.98. The molecule has 0 aliphatic heterocycles. The minimum absolute atomic E-state index is 0.0598. The largest absolute Gasteiger partial charge is 0.474 e. The van der Waals surface area contributed by atoms with Crippen LogP contribution in [0.15, 0.2) is 23.2 Å². The zero-order chi connectivity index (χ0) is 15.5. The topological polar surface area (TPSA) is 85.4 Å². The molecule has 2 rings (SSSR count). The lowest BCUT2D eigenvalue weighted by Gasteiger charge is -2.28. The lowest BCUT2D eigenvalue weighted by Crippen LogP contribution is -2.35. The quantitative estimate of drug-likeness (QED) is 0.828. The second kappa shape index (κ2) is 6.25. The van der Waals surface area contributed by atoms with E-state index in [9.17, 15) is 17.6 Å². The van der Waals surface area contributed by atoms with Crippen LogP contribution in [0.2, 0.25) is 0 Å². The summed E-state index contributed by atoms with van der Waals surface area (Å²) in [6.07, 6.45) is 1.76. The number of alkyl halides is 1. The van der Waals surface area contributed by atoms with Crippen LogP contribution in [0.4, 0.5) is 4.39 Å². The lowest BCUT2D eigenvalue weighted by atomic mass is 9.86. The smallest absolute Gasteiger partial charge is 0.255 e. The maximum absolute atomic E-state index is 14.3. The Bertz CT molecular complexity index is 611. The minimum Gasteiger partial charge on any atom is -0.474 e. The number of nitrogens with one attached hydrogen (secondary N) is 1. The van der Waals surface area contributed by atoms with Crippen LogP contribution in [0.1, 0.15) is 25.7 Å². The fourth-order valence-electron chi connectivity index (χ4n) is 1.98. The van der Waals surface area contributed by atoms with Gasteiger partial charge in [-0.3, -0.25) is 4.79 Å². The van der Waals surface area contributed by atoms with Crippen molar-refractivity contribution in [1.29, 1.82) is 0 Å². The van der Waals surface area contributed by atoms with Gasteiger partial charge in [-0.2, -0.15) is 0 Å². The summed E-state index contributed by atoms with van der Waals surface area (Å²) < 4.78 is 44.0. The van der Waals surface area contributed by atoms with E-state index in [0.717, 1.165) is 6.20 Å². The van der Waals surface area contributed by atoms with Crippen LogP contribution in [0, 0.1) is 0 Å². The van der Waals surface area contributed by atoms with Crippen LogP contribution in [0.25, 0.3) is 0 Å². The SMILES string of the molecule is O=C1CCC(F)(COc2ccc(S(=O)(=O)NCl)cn2)CC1. The van der Waals surface area contributed by atoms with Crippen LogP contribution in [0.3, 0.4) is 0 Å². The molecule has 1 aromatic rings. The van der Waals surface area contributed by atoms with E-state index in [0.29, 0.717) is 0 Å². The number of hydrogen-bond donors (Lipinski definition) is 1. The summed E-state index contributed by atoms with van der Waals surface area (Å²) in [4.78, 5) is 14.8. The first-order chi connectivity index (χ1) is 9.85. The molecule has 0 aromatic carbocycles. The monoisotopic (exact) mass is 336 g/mol. The molecule has 1 N–H and O–H groups in total. The summed E-state index contributed by atoms with van der Waals surface area (Å²) in [6, 6.07) is 2.57. The molecule has 1 aromatic heterocycles. The second-order valence-electron chi connectivity index (χ2n) is 4.89. The first-order valence-electron chi connectivity index (χ1n) is 6.27. The van der Waals surface area contributed by atoms with Crippen molar-refractivity contribution in [2.24, 2.45) is 0 Å². The molecule has 0 unspecified atom stereocenters. The predicted octanol–water partition coefficient (Wildman–Crippen LogP) is 1.74. The number of halogens is 2. The van der Waals surface area contributed by atoms with Crippen molar-refractivity contribution >= 4 is 27.6 Å². The number of carbonyl (C=O) groups is 1. The number of rotatable bonds is 5. The highest BCUT2D eigenvalue weighted by molar-refractivity contribution is 7.90. The van der Waals surface area contributed by atoms with E-state index in [1.165, 1.54) is 12.1 Å². The fraction of sp³-hybridized carbons (Fsp3) is 0.500. The highest BCUT2D eigenvalue weighted by atomic mass is 35.5. The molecule has 21 heavy (non-hydrogen) atoms. The molecule has 116 valence electrons. The van der Waals surface area contributed by atoms with Crippen molar-refractivity contribution in [2.45, 2.75) is 36.2 Å². The van der Waals surface area contributed by atoms with E-state index in [4.69, 9.17) is 16.5 Å². The van der Waals surface area contributed by atoms with E-state index in [-0.39, 0.29) is 48.8 Å². The maximum Gasteiger partial charge on any atom is 0.255 e. The van der Waals surface area contributed by atoms with Gasteiger partial charge in [-0.05, 0) is 30.7 Å². The molecule has 0 amide bonds. The van der Waals surface area contributed by atoms with Gasteiger partial charge in [0.15, 0.2) is 0 Å². The van der Waals surface area contributed by atoms with Gasteiger partial charge in [0.2, 0.25) is 5.88 Å². The van der Waals surface area contributed by atoms with Gasteiger partial charge in [0.1, 0.15) is 23.0 Å². The second-order valence-corrected chi connectivity index (χ2v) is 6.99. The maximum atomic E-state index is 14.3. The molecule has 1 saturated carbocycles. The van der Waals surface area contributed by atoms with E-state index in [2.05, 4.69) is 4.98 Å². The standard InChI is InChI=1S/C12H14ClFN2O4S/c13-16-21(18,19)10-1-2-11(15-7-10)20-8-12(14)5-3-9(17)4-6-12/h1-2,7,16H,3-6,8H2. The molecule has 9 heteroatoms.